The minimum atomic E-state index is 0.186. The van der Waals surface area contributed by atoms with Crippen LogP contribution < -0.4 is 0 Å². The van der Waals surface area contributed by atoms with Gasteiger partial charge in [0.2, 0.25) is 6.41 Å². The summed E-state index contributed by atoms with van der Waals surface area (Å²) in [4.78, 5) is 12.3. The Balaban J connectivity index is 2.08. The first-order chi connectivity index (χ1) is 6.33. The van der Waals surface area contributed by atoms with Gasteiger partial charge in [-0.15, -0.1) is 0 Å². The summed E-state index contributed by atoms with van der Waals surface area (Å²) in [7, 11) is 0. The molecule has 3 nitrogen and oxygen atoms in total. The monoisotopic (exact) mass is 176 g/mol. The lowest BCUT2D eigenvalue weighted by Crippen LogP contribution is -2.18. The highest BCUT2D eigenvalue weighted by molar-refractivity contribution is 5.51. The predicted molar refractivity (Wildman–Crippen MR) is 47.6 cm³/mol. The van der Waals surface area contributed by atoms with E-state index in [9.17, 15) is 4.79 Å². The second-order valence-electron chi connectivity index (χ2n) is 3.79. The van der Waals surface area contributed by atoms with E-state index in [1.54, 1.807) is 4.90 Å². The lowest BCUT2D eigenvalue weighted by Gasteiger charge is -2.16. The number of carbonyl (C=O) groups is 1. The van der Waals surface area contributed by atoms with Crippen LogP contribution in [0.3, 0.4) is 0 Å². The van der Waals surface area contributed by atoms with Gasteiger partial charge in [0.1, 0.15) is 0 Å². The smallest absolute Gasteiger partial charge is 0.210 e. The molecule has 1 heterocycles. The van der Waals surface area contributed by atoms with E-state index in [1.807, 2.05) is 0 Å². The van der Waals surface area contributed by atoms with Gasteiger partial charge in [-0.2, -0.15) is 5.26 Å². The molecule has 0 aromatic rings. The molecular formula is C10H12N2O. The zero-order chi connectivity index (χ0) is 9.26. The van der Waals surface area contributed by atoms with Crippen molar-refractivity contribution in [1.29, 1.82) is 5.26 Å². The van der Waals surface area contributed by atoms with Gasteiger partial charge in [-0.1, -0.05) is 0 Å². The highest BCUT2D eigenvalue weighted by Gasteiger charge is 2.27. The molecule has 13 heavy (non-hydrogen) atoms. The zero-order valence-corrected chi connectivity index (χ0v) is 7.49. The van der Waals surface area contributed by atoms with E-state index in [2.05, 4.69) is 6.07 Å². The van der Waals surface area contributed by atoms with Crippen molar-refractivity contribution in [3.63, 3.8) is 0 Å². The fourth-order valence-corrected chi connectivity index (χ4v) is 2.17. The van der Waals surface area contributed by atoms with Crippen LogP contribution in [0, 0.1) is 17.2 Å². The Hall–Kier alpha value is -1.30. The summed E-state index contributed by atoms with van der Waals surface area (Å²) in [5.74, 6) is 0.186. The van der Waals surface area contributed by atoms with Crippen LogP contribution >= 0.6 is 0 Å². The highest BCUT2D eigenvalue weighted by atomic mass is 16.1. The summed E-state index contributed by atoms with van der Waals surface area (Å²) in [6.07, 6.45) is 3.77. The van der Waals surface area contributed by atoms with Crippen molar-refractivity contribution in [1.82, 2.24) is 4.90 Å². The van der Waals surface area contributed by atoms with E-state index in [-0.39, 0.29) is 5.92 Å². The molecule has 1 aliphatic heterocycles. The summed E-state index contributed by atoms with van der Waals surface area (Å²) in [5, 5.41) is 8.78. The molecule has 1 atom stereocenters. The van der Waals surface area contributed by atoms with Crippen molar-refractivity contribution in [2.75, 3.05) is 13.1 Å². The summed E-state index contributed by atoms with van der Waals surface area (Å²) < 4.78 is 0. The van der Waals surface area contributed by atoms with Crippen molar-refractivity contribution in [3.05, 3.63) is 11.1 Å². The van der Waals surface area contributed by atoms with Crippen LogP contribution in [-0.4, -0.2) is 24.4 Å². The van der Waals surface area contributed by atoms with E-state index in [0.717, 1.165) is 38.8 Å². The Morgan fingerprint density at radius 1 is 1.46 bits per heavy atom. The summed E-state index contributed by atoms with van der Waals surface area (Å²) in [6, 6.07) is 2.31. The molecule has 2 rings (SSSR count). The Morgan fingerprint density at radius 3 is 2.92 bits per heavy atom. The maximum absolute atomic E-state index is 10.5. The number of nitrogens with zero attached hydrogens (tertiary/aromatic N) is 2. The van der Waals surface area contributed by atoms with E-state index in [4.69, 9.17) is 5.26 Å². The first-order valence-electron chi connectivity index (χ1n) is 4.62. The minimum Gasteiger partial charge on any atom is -0.337 e. The van der Waals surface area contributed by atoms with E-state index in [0.29, 0.717) is 0 Å². The minimum absolute atomic E-state index is 0.186. The number of carbonyl (C=O) groups excluding carboxylic acids is 1. The molecule has 1 amide bonds. The molecular weight excluding hydrogens is 164 g/mol. The second kappa shape index (κ2) is 3.21. The second-order valence-corrected chi connectivity index (χ2v) is 3.79. The van der Waals surface area contributed by atoms with Gasteiger partial charge in [0.25, 0.3) is 0 Å². The van der Waals surface area contributed by atoms with Gasteiger partial charge < -0.3 is 4.90 Å². The molecule has 0 radical (unpaired) electrons. The van der Waals surface area contributed by atoms with Crippen LogP contribution in [0.4, 0.5) is 0 Å². The lowest BCUT2D eigenvalue weighted by molar-refractivity contribution is -0.117. The quantitative estimate of drug-likeness (QED) is 0.443. The number of hydrogen-bond donors (Lipinski definition) is 0. The van der Waals surface area contributed by atoms with Gasteiger partial charge in [-0.05, 0) is 30.4 Å². The van der Waals surface area contributed by atoms with Crippen molar-refractivity contribution in [3.8, 4) is 6.07 Å². The van der Waals surface area contributed by atoms with Crippen LogP contribution in [0.15, 0.2) is 11.1 Å². The van der Waals surface area contributed by atoms with Gasteiger partial charge in [-0.3, -0.25) is 4.79 Å². The van der Waals surface area contributed by atoms with Gasteiger partial charge in [0, 0.05) is 13.1 Å². The van der Waals surface area contributed by atoms with Crippen LogP contribution in [0.2, 0.25) is 0 Å². The third kappa shape index (κ3) is 1.44. The maximum atomic E-state index is 10.5. The molecule has 2 aliphatic rings. The third-order valence-corrected chi connectivity index (χ3v) is 2.91. The molecule has 0 unspecified atom stereocenters. The fraction of sp³-hybridized carbons (Fsp3) is 0.600. The van der Waals surface area contributed by atoms with Crippen LogP contribution in [0.1, 0.15) is 19.3 Å². The third-order valence-electron chi connectivity index (χ3n) is 2.91. The topological polar surface area (TPSA) is 44.1 Å². The molecule has 0 aromatic heterocycles. The van der Waals surface area contributed by atoms with Crippen molar-refractivity contribution in [2.45, 2.75) is 19.3 Å². The highest BCUT2D eigenvalue weighted by Crippen LogP contribution is 2.33. The first kappa shape index (κ1) is 8.31. The summed E-state index contributed by atoms with van der Waals surface area (Å²) in [5.41, 5.74) is 2.74. The zero-order valence-electron chi connectivity index (χ0n) is 7.49. The van der Waals surface area contributed by atoms with Gasteiger partial charge in [-0.25, -0.2) is 0 Å². The lowest BCUT2D eigenvalue weighted by atomic mass is 9.86. The van der Waals surface area contributed by atoms with Gasteiger partial charge >= 0.3 is 0 Å². The fourth-order valence-electron chi connectivity index (χ4n) is 2.17. The SMILES string of the molecule is N#C[C@@H]1CCC2=C(C1)CN(C=O)C2. The molecule has 0 aromatic carbocycles. The molecule has 1 aliphatic carbocycles. The van der Waals surface area contributed by atoms with Crippen molar-refractivity contribution in [2.24, 2.45) is 5.92 Å². The largest absolute Gasteiger partial charge is 0.337 e. The van der Waals surface area contributed by atoms with E-state index in [1.165, 1.54) is 11.1 Å². The molecule has 0 saturated carbocycles. The summed E-state index contributed by atoms with van der Waals surface area (Å²) >= 11 is 0. The standard InChI is InChI=1S/C10H12N2O/c11-4-8-1-2-9-5-12(7-13)6-10(9)3-8/h7-8H,1-3,5-6H2/t8-/m1/s1. The number of amides is 1. The first-order valence-corrected chi connectivity index (χ1v) is 4.62. The predicted octanol–water partition coefficient (Wildman–Crippen LogP) is 1.08. The van der Waals surface area contributed by atoms with Crippen LogP contribution in [0.5, 0.6) is 0 Å². The van der Waals surface area contributed by atoms with Gasteiger partial charge in [0.15, 0.2) is 0 Å². The maximum Gasteiger partial charge on any atom is 0.210 e. The molecule has 0 saturated heterocycles. The average Bonchev–Trinajstić information content (AvgIpc) is 2.58. The Morgan fingerprint density at radius 2 is 2.23 bits per heavy atom. The molecule has 0 spiro atoms. The average molecular weight is 176 g/mol. The number of nitriles is 1. The van der Waals surface area contributed by atoms with Crippen LogP contribution in [0.25, 0.3) is 0 Å². The van der Waals surface area contributed by atoms with Crippen molar-refractivity contribution < 1.29 is 4.79 Å². The Bertz CT molecular complexity index is 301. The van der Waals surface area contributed by atoms with Crippen LogP contribution in [-0.2, 0) is 4.79 Å². The van der Waals surface area contributed by atoms with E-state index < -0.39 is 0 Å². The van der Waals surface area contributed by atoms with E-state index >= 15 is 0 Å². The Kier molecular flexibility index (Phi) is 2.05. The van der Waals surface area contributed by atoms with Gasteiger partial charge in [0.05, 0.1) is 12.0 Å². The Labute approximate surface area is 77.6 Å². The molecule has 3 heteroatoms. The molecule has 0 bridgehead atoms. The van der Waals surface area contributed by atoms with Crippen molar-refractivity contribution >= 4 is 6.41 Å². The number of hydrogen-bond acceptors (Lipinski definition) is 2. The normalized spacial score (nSPS) is 27.0. The molecule has 0 N–H and O–H groups in total. The summed E-state index contributed by atoms with van der Waals surface area (Å²) in [6.45, 7) is 1.56. The number of rotatable bonds is 1. The molecule has 68 valence electrons. The molecule has 0 fully saturated rings.